The van der Waals surface area contributed by atoms with Crippen LogP contribution in [0.5, 0.6) is 0 Å². The molecule has 3 aromatic rings. The molecule has 3 heteroatoms. The van der Waals surface area contributed by atoms with Gasteiger partial charge < -0.3 is 5.73 Å². The molecule has 0 saturated carbocycles. The molecule has 0 radical (unpaired) electrons. The van der Waals surface area contributed by atoms with Crippen molar-refractivity contribution in [1.82, 2.24) is 9.38 Å². The quantitative estimate of drug-likeness (QED) is 0.744. The fourth-order valence-corrected chi connectivity index (χ4v) is 2.16. The van der Waals surface area contributed by atoms with Crippen LogP contribution < -0.4 is 5.73 Å². The number of aromatic nitrogens is 2. The van der Waals surface area contributed by atoms with E-state index in [1.165, 1.54) is 0 Å². The molecule has 2 N–H and O–H groups in total. The van der Waals surface area contributed by atoms with E-state index >= 15 is 0 Å². The lowest BCUT2D eigenvalue weighted by atomic mass is 10.0. The van der Waals surface area contributed by atoms with Crippen molar-refractivity contribution < 1.29 is 0 Å². The molecule has 1 aromatic carbocycles. The van der Waals surface area contributed by atoms with Gasteiger partial charge in [-0.2, -0.15) is 0 Å². The first kappa shape index (κ1) is 11.0. The number of fused-ring (bicyclic) bond motifs is 1. The van der Waals surface area contributed by atoms with Crippen LogP contribution >= 0.6 is 0 Å². The number of pyridine rings is 1. The molecule has 0 amide bonds. The maximum absolute atomic E-state index is 5.93. The fraction of sp³-hybridized carbons (Fsp3) is 0.133. The van der Waals surface area contributed by atoms with Gasteiger partial charge in [0.05, 0.1) is 5.69 Å². The van der Waals surface area contributed by atoms with Crippen LogP contribution in [-0.2, 0) is 0 Å². The van der Waals surface area contributed by atoms with Crippen LogP contribution in [0.25, 0.3) is 16.9 Å². The zero-order chi connectivity index (χ0) is 12.5. The lowest BCUT2D eigenvalue weighted by molar-refractivity contribution is 0.818. The van der Waals surface area contributed by atoms with Crippen molar-refractivity contribution in [2.24, 2.45) is 5.73 Å². The largest absolute Gasteiger partial charge is 0.324 e. The first-order valence-corrected chi connectivity index (χ1v) is 6.04. The first-order valence-electron chi connectivity index (χ1n) is 6.04. The molecule has 90 valence electrons. The van der Waals surface area contributed by atoms with E-state index in [0.29, 0.717) is 0 Å². The Morgan fingerprint density at radius 3 is 2.83 bits per heavy atom. The molecule has 0 saturated heterocycles. The van der Waals surface area contributed by atoms with Crippen molar-refractivity contribution in [3.05, 3.63) is 60.4 Å². The van der Waals surface area contributed by atoms with Crippen LogP contribution in [0, 0.1) is 0 Å². The highest BCUT2D eigenvalue weighted by Crippen LogP contribution is 2.23. The highest BCUT2D eigenvalue weighted by molar-refractivity contribution is 5.64. The maximum Gasteiger partial charge on any atom is 0.137 e. The van der Waals surface area contributed by atoms with Crippen molar-refractivity contribution >= 4 is 5.65 Å². The van der Waals surface area contributed by atoms with Gasteiger partial charge in [0, 0.05) is 18.4 Å². The Morgan fingerprint density at radius 2 is 2.00 bits per heavy atom. The summed E-state index contributed by atoms with van der Waals surface area (Å²) in [5, 5.41) is 0. The molecule has 3 rings (SSSR count). The minimum Gasteiger partial charge on any atom is -0.324 e. The summed E-state index contributed by atoms with van der Waals surface area (Å²) in [6.45, 7) is 2.00. The Hall–Kier alpha value is -2.13. The van der Waals surface area contributed by atoms with E-state index in [-0.39, 0.29) is 6.04 Å². The van der Waals surface area contributed by atoms with Gasteiger partial charge in [0.25, 0.3) is 0 Å². The number of hydrogen-bond acceptors (Lipinski definition) is 2. The molecule has 1 unspecified atom stereocenters. The van der Waals surface area contributed by atoms with Gasteiger partial charge in [-0.3, -0.25) is 4.40 Å². The summed E-state index contributed by atoms with van der Waals surface area (Å²) in [5.74, 6) is 0. The van der Waals surface area contributed by atoms with Crippen molar-refractivity contribution in [1.29, 1.82) is 0 Å². The number of nitrogens with two attached hydrogens (primary N) is 1. The first-order chi connectivity index (χ1) is 8.75. The minimum atomic E-state index is 0.0481. The molecule has 2 aromatic heterocycles. The van der Waals surface area contributed by atoms with Crippen molar-refractivity contribution in [3.8, 4) is 11.3 Å². The predicted octanol–water partition coefficient (Wildman–Crippen LogP) is 3.02. The molecule has 18 heavy (non-hydrogen) atoms. The second kappa shape index (κ2) is 4.27. The maximum atomic E-state index is 5.93. The summed E-state index contributed by atoms with van der Waals surface area (Å²) in [6.07, 6.45) is 3.79. The van der Waals surface area contributed by atoms with Crippen LogP contribution in [0.1, 0.15) is 18.5 Å². The van der Waals surface area contributed by atoms with Crippen LogP contribution in [0.15, 0.2) is 54.9 Å². The summed E-state index contributed by atoms with van der Waals surface area (Å²) < 4.78 is 2.08. The molecule has 0 aliphatic rings. The topological polar surface area (TPSA) is 43.3 Å². The molecule has 3 nitrogen and oxygen atoms in total. The van der Waals surface area contributed by atoms with Crippen molar-refractivity contribution in [2.45, 2.75) is 13.0 Å². The highest BCUT2D eigenvalue weighted by atomic mass is 15.0. The van der Waals surface area contributed by atoms with Gasteiger partial charge in [0.2, 0.25) is 0 Å². The Kier molecular flexibility index (Phi) is 2.61. The highest BCUT2D eigenvalue weighted by Gasteiger charge is 2.05. The molecular weight excluding hydrogens is 222 g/mol. The van der Waals surface area contributed by atoms with Crippen LogP contribution in [0.3, 0.4) is 0 Å². The molecular formula is C15H15N3. The number of hydrogen-bond donors (Lipinski definition) is 1. The van der Waals surface area contributed by atoms with Gasteiger partial charge >= 0.3 is 0 Å². The lowest BCUT2D eigenvalue weighted by Gasteiger charge is -2.10. The molecule has 2 heterocycles. The van der Waals surface area contributed by atoms with E-state index in [4.69, 9.17) is 5.73 Å². The van der Waals surface area contributed by atoms with Crippen LogP contribution in [0.4, 0.5) is 0 Å². The van der Waals surface area contributed by atoms with Gasteiger partial charge in [-0.15, -0.1) is 0 Å². The summed E-state index contributed by atoms with van der Waals surface area (Å²) in [4.78, 5) is 4.30. The Bertz CT molecular complexity index is 683. The van der Waals surface area contributed by atoms with Crippen molar-refractivity contribution in [3.63, 3.8) is 0 Å². The number of imidazole rings is 1. The van der Waals surface area contributed by atoms with E-state index in [1.54, 1.807) is 0 Å². The predicted molar refractivity (Wildman–Crippen MR) is 73.2 cm³/mol. The minimum absolute atomic E-state index is 0.0481. The van der Waals surface area contributed by atoms with E-state index in [0.717, 1.165) is 22.5 Å². The van der Waals surface area contributed by atoms with E-state index < -0.39 is 0 Å². The summed E-state index contributed by atoms with van der Waals surface area (Å²) in [5.41, 5.74) is 10.3. The third-order valence-electron chi connectivity index (χ3n) is 3.14. The summed E-state index contributed by atoms with van der Waals surface area (Å²) in [7, 11) is 0. The van der Waals surface area contributed by atoms with Gasteiger partial charge in [-0.05, 0) is 36.2 Å². The number of nitrogens with zero attached hydrogens (tertiary/aromatic N) is 2. The molecule has 0 fully saturated rings. The van der Waals surface area contributed by atoms with E-state index in [2.05, 4.69) is 33.7 Å². The fourth-order valence-electron chi connectivity index (χ4n) is 2.16. The zero-order valence-electron chi connectivity index (χ0n) is 10.2. The van der Waals surface area contributed by atoms with Crippen LogP contribution in [0.2, 0.25) is 0 Å². The lowest BCUT2D eigenvalue weighted by Crippen LogP contribution is -2.04. The Morgan fingerprint density at radius 1 is 1.17 bits per heavy atom. The molecule has 0 bridgehead atoms. The van der Waals surface area contributed by atoms with Gasteiger partial charge in [0.15, 0.2) is 0 Å². The van der Waals surface area contributed by atoms with E-state index in [1.807, 2.05) is 37.5 Å². The molecule has 1 atom stereocenters. The normalized spacial score (nSPS) is 12.8. The molecule has 0 aliphatic carbocycles. The zero-order valence-corrected chi connectivity index (χ0v) is 10.2. The summed E-state index contributed by atoms with van der Waals surface area (Å²) >= 11 is 0. The molecule has 0 aliphatic heterocycles. The Labute approximate surface area is 106 Å². The summed E-state index contributed by atoms with van der Waals surface area (Å²) in [6, 6.07) is 14.5. The second-order valence-corrected chi connectivity index (χ2v) is 4.48. The second-order valence-electron chi connectivity index (χ2n) is 4.48. The van der Waals surface area contributed by atoms with E-state index in [9.17, 15) is 0 Å². The van der Waals surface area contributed by atoms with Crippen LogP contribution in [-0.4, -0.2) is 9.38 Å². The van der Waals surface area contributed by atoms with Gasteiger partial charge in [-0.1, -0.05) is 24.3 Å². The average molecular weight is 237 g/mol. The van der Waals surface area contributed by atoms with Gasteiger partial charge in [-0.25, -0.2) is 4.98 Å². The van der Waals surface area contributed by atoms with Crippen molar-refractivity contribution in [2.75, 3.05) is 0 Å². The Balaban J connectivity index is 2.20. The third-order valence-corrected chi connectivity index (χ3v) is 3.14. The molecule has 0 spiro atoms. The SMILES string of the molecule is CC(N)c1cccc(-c2cccc3nccn23)c1. The monoisotopic (exact) mass is 237 g/mol. The third kappa shape index (κ3) is 1.79. The standard InChI is InChI=1S/C15H15N3/c1-11(16)12-4-2-5-13(10-12)14-6-3-7-15-17-8-9-18(14)15/h2-11H,16H2,1H3. The average Bonchev–Trinajstić information content (AvgIpc) is 2.87. The smallest absolute Gasteiger partial charge is 0.137 e. The number of rotatable bonds is 2. The number of benzene rings is 1. The van der Waals surface area contributed by atoms with Gasteiger partial charge in [0.1, 0.15) is 5.65 Å².